The predicted molar refractivity (Wildman–Crippen MR) is 119 cm³/mol. The van der Waals surface area contributed by atoms with Gasteiger partial charge in [0.25, 0.3) is 0 Å². The van der Waals surface area contributed by atoms with Gasteiger partial charge in [-0.1, -0.05) is 59.8 Å². The molecule has 2 fully saturated rings. The average molecular weight is 392 g/mol. The Hall–Kier alpha value is -0.345. The summed E-state index contributed by atoms with van der Waals surface area (Å²) >= 11 is 0. The van der Waals surface area contributed by atoms with Crippen LogP contribution in [0.15, 0.2) is 0 Å². The van der Waals surface area contributed by atoms with Crippen LogP contribution in [-0.2, 0) is 14.1 Å². The van der Waals surface area contributed by atoms with Crippen LogP contribution in [0.4, 0.5) is 0 Å². The van der Waals surface area contributed by atoms with Crippen LogP contribution >= 0.6 is 0 Å². The van der Waals surface area contributed by atoms with Crippen molar-refractivity contribution in [3.63, 3.8) is 0 Å². The second-order valence-electron chi connectivity index (χ2n) is 11.8. The van der Waals surface area contributed by atoms with E-state index in [4.69, 9.17) is 9.31 Å². The van der Waals surface area contributed by atoms with Gasteiger partial charge in [-0.05, 0) is 64.6 Å². The van der Waals surface area contributed by atoms with Crippen molar-refractivity contribution in [3.8, 4) is 0 Å². The minimum atomic E-state index is -0.253. The molecule has 0 spiro atoms. The highest BCUT2D eigenvalue weighted by Crippen LogP contribution is 2.45. The van der Waals surface area contributed by atoms with E-state index < -0.39 is 0 Å². The summed E-state index contributed by atoms with van der Waals surface area (Å²) in [6.07, 6.45) is 11.1. The molecule has 0 bridgehead atoms. The van der Waals surface area contributed by atoms with Crippen LogP contribution in [0.5, 0.6) is 0 Å². The molecular formula is C24H45BO3. The molecule has 1 atom stereocenters. The summed E-state index contributed by atoms with van der Waals surface area (Å²) in [5.74, 6) is 1.05. The maximum atomic E-state index is 13.4. The van der Waals surface area contributed by atoms with Crippen LogP contribution < -0.4 is 0 Å². The Labute approximate surface area is 174 Å². The van der Waals surface area contributed by atoms with Crippen LogP contribution in [0.1, 0.15) is 113 Å². The highest BCUT2D eigenvalue weighted by atomic mass is 16.7. The first-order valence-corrected chi connectivity index (χ1v) is 11.7. The summed E-state index contributed by atoms with van der Waals surface area (Å²) in [4.78, 5) is 13.4. The van der Waals surface area contributed by atoms with E-state index in [0.717, 1.165) is 25.6 Å². The van der Waals surface area contributed by atoms with Gasteiger partial charge in [0.15, 0.2) is 0 Å². The molecule has 1 unspecified atom stereocenters. The minimum absolute atomic E-state index is 0.0652. The monoisotopic (exact) mass is 392 g/mol. The third-order valence-electron chi connectivity index (χ3n) is 7.52. The smallest absolute Gasteiger partial charge is 0.403 e. The Balaban J connectivity index is 1.93. The number of ketones is 1. The quantitative estimate of drug-likeness (QED) is 0.335. The van der Waals surface area contributed by atoms with Gasteiger partial charge in [0, 0.05) is 11.8 Å². The fourth-order valence-electron chi connectivity index (χ4n) is 4.88. The Bertz CT molecular complexity index is 512. The maximum absolute atomic E-state index is 13.4. The second-order valence-corrected chi connectivity index (χ2v) is 11.8. The topological polar surface area (TPSA) is 35.5 Å². The fourth-order valence-corrected chi connectivity index (χ4v) is 4.88. The zero-order chi connectivity index (χ0) is 21.2. The minimum Gasteiger partial charge on any atom is -0.403 e. The van der Waals surface area contributed by atoms with Gasteiger partial charge in [-0.3, -0.25) is 4.79 Å². The zero-order valence-electron chi connectivity index (χ0n) is 20.0. The largest absolute Gasteiger partial charge is 0.457 e. The number of unbranched alkanes of at least 4 members (excludes halogenated alkanes) is 1. The normalized spacial score (nSPS) is 24.9. The van der Waals surface area contributed by atoms with Gasteiger partial charge in [0.1, 0.15) is 5.78 Å². The second kappa shape index (κ2) is 8.80. The van der Waals surface area contributed by atoms with Crippen molar-refractivity contribution < 1.29 is 14.1 Å². The molecule has 3 nitrogen and oxygen atoms in total. The molecule has 28 heavy (non-hydrogen) atoms. The van der Waals surface area contributed by atoms with E-state index in [1.807, 2.05) is 0 Å². The van der Waals surface area contributed by atoms with Crippen LogP contribution in [0.25, 0.3) is 0 Å². The molecule has 2 aliphatic rings. The molecule has 1 aliphatic heterocycles. The summed E-state index contributed by atoms with van der Waals surface area (Å²) in [7, 11) is -0.115. The zero-order valence-corrected chi connectivity index (χ0v) is 20.0. The van der Waals surface area contributed by atoms with E-state index in [2.05, 4.69) is 55.4 Å². The van der Waals surface area contributed by atoms with Crippen molar-refractivity contribution in [2.24, 2.45) is 16.7 Å². The van der Waals surface area contributed by atoms with E-state index >= 15 is 0 Å². The summed E-state index contributed by atoms with van der Waals surface area (Å²) in [6, 6.07) is 0. The molecule has 1 saturated carbocycles. The van der Waals surface area contributed by atoms with Gasteiger partial charge < -0.3 is 9.31 Å². The lowest BCUT2D eigenvalue weighted by Gasteiger charge is -2.40. The standard InChI is InChI=1S/C24H45BO3/c1-21(2,3)18-20(26)24(8,19-14-10-9-11-15-19)16-12-13-17-25-27-22(4,5)23(6,7)28-25/h19H,9-18H2,1-8H3. The van der Waals surface area contributed by atoms with E-state index in [1.54, 1.807) is 0 Å². The van der Waals surface area contributed by atoms with Crippen molar-refractivity contribution in [3.05, 3.63) is 0 Å². The molecule has 0 aromatic heterocycles. The van der Waals surface area contributed by atoms with Crippen LogP contribution in [0.3, 0.4) is 0 Å². The highest BCUT2D eigenvalue weighted by Gasteiger charge is 2.50. The first-order valence-electron chi connectivity index (χ1n) is 11.7. The molecule has 4 heteroatoms. The molecule has 0 N–H and O–H groups in total. The highest BCUT2D eigenvalue weighted by molar-refractivity contribution is 6.45. The van der Waals surface area contributed by atoms with Crippen molar-refractivity contribution in [1.82, 2.24) is 0 Å². The predicted octanol–water partition coefficient (Wildman–Crippen LogP) is 6.84. The molecule has 2 rings (SSSR count). The van der Waals surface area contributed by atoms with Gasteiger partial charge in [-0.25, -0.2) is 0 Å². The van der Waals surface area contributed by atoms with Crippen molar-refractivity contribution in [2.75, 3.05) is 0 Å². The first kappa shape index (κ1) is 23.9. The Morgan fingerprint density at radius 1 is 0.929 bits per heavy atom. The lowest BCUT2D eigenvalue weighted by Crippen LogP contribution is -2.41. The van der Waals surface area contributed by atoms with Gasteiger partial charge in [0.2, 0.25) is 0 Å². The molecular weight excluding hydrogens is 347 g/mol. The van der Waals surface area contributed by atoms with Crippen LogP contribution in [0, 0.1) is 16.7 Å². The van der Waals surface area contributed by atoms with E-state index in [-0.39, 0.29) is 29.2 Å². The molecule has 1 saturated heterocycles. The summed E-state index contributed by atoms with van der Waals surface area (Å²) < 4.78 is 12.3. The molecule has 0 aromatic carbocycles. The number of hydrogen-bond donors (Lipinski definition) is 0. The number of Topliss-reactive ketones (excluding diaryl/α,β-unsaturated/α-hetero) is 1. The SMILES string of the molecule is CC(C)(C)CC(=O)C(C)(CCCCB1OC(C)(C)C(C)(C)O1)C1CCCCC1. The number of carbonyl (C=O) groups excluding carboxylic acids is 1. The Morgan fingerprint density at radius 2 is 1.46 bits per heavy atom. The van der Waals surface area contributed by atoms with Crippen molar-refractivity contribution in [2.45, 2.75) is 131 Å². The van der Waals surface area contributed by atoms with E-state index in [0.29, 0.717) is 18.1 Å². The molecule has 1 aliphatic carbocycles. The summed E-state index contributed by atoms with van der Waals surface area (Å²) in [6.45, 7) is 17.3. The Morgan fingerprint density at radius 3 is 1.96 bits per heavy atom. The molecule has 0 radical (unpaired) electrons. The third kappa shape index (κ3) is 5.84. The lowest BCUT2D eigenvalue weighted by atomic mass is 9.63. The van der Waals surface area contributed by atoms with Crippen LogP contribution in [0.2, 0.25) is 6.32 Å². The van der Waals surface area contributed by atoms with E-state index in [1.165, 1.54) is 32.1 Å². The van der Waals surface area contributed by atoms with Crippen molar-refractivity contribution in [1.29, 1.82) is 0 Å². The van der Waals surface area contributed by atoms with Gasteiger partial charge in [0.05, 0.1) is 11.2 Å². The molecule has 0 amide bonds. The number of carbonyl (C=O) groups is 1. The lowest BCUT2D eigenvalue weighted by molar-refractivity contribution is -0.134. The molecule has 162 valence electrons. The molecule has 0 aromatic rings. The van der Waals surface area contributed by atoms with Gasteiger partial charge >= 0.3 is 7.12 Å². The fraction of sp³-hybridized carbons (Fsp3) is 0.958. The van der Waals surface area contributed by atoms with Gasteiger partial charge in [-0.15, -0.1) is 0 Å². The van der Waals surface area contributed by atoms with E-state index in [9.17, 15) is 4.79 Å². The average Bonchev–Trinajstić information content (AvgIpc) is 2.77. The maximum Gasteiger partial charge on any atom is 0.457 e. The number of rotatable bonds is 8. The Kier molecular flexibility index (Phi) is 7.52. The third-order valence-corrected chi connectivity index (χ3v) is 7.52. The summed E-state index contributed by atoms with van der Waals surface area (Å²) in [5.41, 5.74) is -0.604. The summed E-state index contributed by atoms with van der Waals surface area (Å²) in [5, 5.41) is 0. The number of hydrogen-bond acceptors (Lipinski definition) is 3. The first-order chi connectivity index (χ1) is 12.8. The van der Waals surface area contributed by atoms with Crippen molar-refractivity contribution >= 4 is 12.9 Å². The van der Waals surface area contributed by atoms with Gasteiger partial charge in [-0.2, -0.15) is 0 Å². The van der Waals surface area contributed by atoms with Crippen LogP contribution in [-0.4, -0.2) is 24.1 Å². The molecule has 1 heterocycles.